The minimum absolute atomic E-state index is 0.172. The molecule has 0 amide bonds. The van der Waals surface area contributed by atoms with E-state index in [1.807, 2.05) is 0 Å². The van der Waals surface area contributed by atoms with Crippen molar-refractivity contribution < 1.29 is 9.90 Å². The van der Waals surface area contributed by atoms with Crippen molar-refractivity contribution in [3.8, 4) is 11.1 Å². The van der Waals surface area contributed by atoms with Gasteiger partial charge in [-0.25, -0.2) is 0 Å². The number of benzene rings is 1. The molecule has 0 fully saturated rings. The van der Waals surface area contributed by atoms with Gasteiger partial charge in [0.15, 0.2) is 0 Å². The molecule has 1 heterocycles. The van der Waals surface area contributed by atoms with Crippen LogP contribution in [0.25, 0.3) is 11.1 Å². The van der Waals surface area contributed by atoms with Crippen molar-refractivity contribution in [1.82, 2.24) is 4.98 Å². The largest absolute Gasteiger partial charge is 0.481 e. The molecule has 4 nitrogen and oxygen atoms in total. The number of H-pyrrole nitrogens is 1. The zero-order chi connectivity index (χ0) is 14.0. The number of hydrogen-bond acceptors (Lipinski definition) is 2. The summed E-state index contributed by atoms with van der Waals surface area (Å²) in [5, 5.41) is 9.56. The molecule has 1 aromatic heterocycles. The topological polar surface area (TPSA) is 70.2 Å². The van der Waals surface area contributed by atoms with Gasteiger partial charge in [0.2, 0.25) is 0 Å². The maximum absolute atomic E-state index is 11.8. The van der Waals surface area contributed by atoms with Crippen LogP contribution in [0.2, 0.25) is 10.0 Å². The molecule has 0 unspecified atom stereocenters. The summed E-state index contributed by atoms with van der Waals surface area (Å²) in [4.78, 5) is 25.0. The quantitative estimate of drug-likeness (QED) is 0.915. The molecule has 0 spiro atoms. The van der Waals surface area contributed by atoms with Gasteiger partial charge in [0.1, 0.15) is 0 Å². The molecule has 0 saturated carbocycles. The van der Waals surface area contributed by atoms with Gasteiger partial charge in [0.25, 0.3) is 5.56 Å². The highest BCUT2D eigenvalue weighted by Gasteiger charge is 2.10. The van der Waals surface area contributed by atoms with Gasteiger partial charge in [-0.2, -0.15) is 0 Å². The molecule has 2 rings (SSSR count). The Bertz CT molecular complexity index is 695. The third-order valence-electron chi connectivity index (χ3n) is 2.54. The van der Waals surface area contributed by atoms with Gasteiger partial charge in [0, 0.05) is 22.3 Å². The number of nitrogens with one attached hydrogen (secondary N) is 1. The zero-order valence-corrected chi connectivity index (χ0v) is 11.1. The Morgan fingerprint density at radius 1 is 1.21 bits per heavy atom. The van der Waals surface area contributed by atoms with Crippen LogP contribution in [0.3, 0.4) is 0 Å². The molecule has 2 N–H and O–H groups in total. The van der Waals surface area contributed by atoms with Crippen molar-refractivity contribution >= 4 is 29.2 Å². The lowest BCUT2D eigenvalue weighted by atomic mass is 10.0. The third kappa shape index (κ3) is 3.16. The maximum atomic E-state index is 11.8. The second kappa shape index (κ2) is 5.47. The van der Waals surface area contributed by atoms with Crippen LogP contribution < -0.4 is 5.56 Å². The maximum Gasteiger partial charge on any atom is 0.307 e. The first kappa shape index (κ1) is 13.6. The molecule has 0 aliphatic rings. The number of aromatic amines is 1. The van der Waals surface area contributed by atoms with Crippen LogP contribution in [0.15, 0.2) is 35.3 Å². The lowest BCUT2D eigenvalue weighted by Crippen LogP contribution is -2.11. The minimum atomic E-state index is -0.972. The SMILES string of the molecule is O=C(O)Cc1c[nH]c(=O)c(-c2ccc(Cl)cc2Cl)c1. The second-order valence-corrected chi connectivity index (χ2v) is 4.79. The van der Waals surface area contributed by atoms with Crippen molar-refractivity contribution in [2.24, 2.45) is 0 Å². The van der Waals surface area contributed by atoms with Crippen LogP contribution in [0.4, 0.5) is 0 Å². The van der Waals surface area contributed by atoms with Gasteiger partial charge in [-0.1, -0.05) is 29.3 Å². The second-order valence-electron chi connectivity index (χ2n) is 3.95. The van der Waals surface area contributed by atoms with Crippen molar-refractivity contribution in [2.45, 2.75) is 6.42 Å². The molecule has 6 heteroatoms. The van der Waals surface area contributed by atoms with Gasteiger partial charge in [0.05, 0.1) is 11.4 Å². The van der Waals surface area contributed by atoms with Gasteiger partial charge in [-0.15, -0.1) is 0 Å². The number of carboxylic acid groups (broad SMARTS) is 1. The number of pyridine rings is 1. The van der Waals surface area contributed by atoms with Crippen molar-refractivity contribution in [3.63, 3.8) is 0 Å². The van der Waals surface area contributed by atoms with E-state index in [0.717, 1.165) is 0 Å². The lowest BCUT2D eigenvalue weighted by molar-refractivity contribution is -0.136. The molecule has 98 valence electrons. The van der Waals surface area contributed by atoms with E-state index in [1.165, 1.54) is 18.3 Å². The van der Waals surface area contributed by atoms with E-state index >= 15 is 0 Å². The Hall–Kier alpha value is -1.78. The normalized spacial score (nSPS) is 10.4. The van der Waals surface area contributed by atoms with Crippen LogP contribution >= 0.6 is 23.2 Å². The molecule has 0 saturated heterocycles. The highest BCUT2D eigenvalue weighted by atomic mass is 35.5. The summed E-state index contributed by atoms with van der Waals surface area (Å²) in [6.45, 7) is 0. The molecular weight excluding hydrogens is 289 g/mol. The monoisotopic (exact) mass is 297 g/mol. The molecule has 0 aliphatic heterocycles. The first-order valence-electron chi connectivity index (χ1n) is 5.36. The standard InChI is InChI=1S/C13H9Cl2NO3/c14-8-1-2-9(11(15)5-8)10-3-7(4-12(17)18)6-16-13(10)19/h1-3,5-6H,4H2,(H,16,19)(H,17,18). The summed E-state index contributed by atoms with van der Waals surface area (Å²) in [5.41, 5.74) is 0.992. The summed E-state index contributed by atoms with van der Waals surface area (Å²) in [6, 6.07) is 6.29. The Kier molecular flexibility index (Phi) is 3.93. The molecule has 0 bridgehead atoms. The van der Waals surface area contributed by atoms with Gasteiger partial charge in [-0.3, -0.25) is 9.59 Å². The molecule has 1 aromatic carbocycles. The molecule has 19 heavy (non-hydrogen) atoms. The van der Waals surface area contributed by atoms with Crippen molar-refractivity contribution in [2.75, 3.05) is 0 Å². The summed E-state index contributed by atoms with van der Waals surface area (Å²) in [7, 11) is 0. The number of halogens is 2. The first-order valence-corrected chi connectivity index (χ1v) is 6.12. The van der Waals surface area contributed by atoms with E-state index in [4.69, 9.17) is 28.3 Å². The predicted molar refractivity (Wildman–Crippen MR) is 73.9 cm³/mol. The number of aliphatic carboxylic acids is 1. The minimum Gasteiger partial charge on any atom is -0.481 e. The van der Waals surface area contributed by atoms with Crippen LogP contribution in [0.1, 0.15) is 5.56 Å². The average molecular weight is 298 g/mol. The molecular formula is C13H9Cl2NO3. The number of carbonyl (C=O) groups is 1. The zero-order valence-electron chi connectivity index (χ0n) is 9.61. The summed E-state index contributed by atoms with van der Waals surface area (Å²) < 4.78 is 0. The van der Waals surface area contributed by atoms with Crippen LogP contribution in [-0.4, -0.2) is 16.1 Å². The highest BCUT2D eigenvalue weighted by molar-refractivity contribution is 6.36. The Labute approximate surface area is 118 Å². The molecule has 0 aliphatic carbocycles. The van der Waals surface area contributed by atoms with Gasteiger partial charge in [-0.05, 0) is 23.8 Å². The molecule has 0 radical (unpaired) electrons. The fourth-order valence-corrected chi connectivity index (χ4v) is 2.22. The number of carboxylic acids is 1. The Morgan fingerprint density at radius 2 is 1.95 bits per heavy atom. The van der Waals surface area contributed by atoms with Gasteiger partial charge < -0.3 is 10.1 Å². The van der Waals surface area contributed by atoms with Crippen LogP contribution in [0, 0.1) is 0 Å². The predicted octanol–water partition coefficient (Wildman–Crippen LogP) is 2.98. The van der Waals surface area contributed by atoms with E-state index in [0.29, 0.717) is 26.7 Å². The first-order chi connectivity index (χ1) is 8.97. The van der Waals surface area contributed by atoms with E-state index in [-0.39, 0.29) is 12.0 Å². The van der Waals surface area contributed by atoms with Crippen molar-refractivity contribution in [3.05, 3.63) is 56.4 Å². The number of rotatable bonds is 3. The smallest absolute Gasteiger partial charge is 0.307 e. The van der Waals surface area contributed by atoms with Crippen molar-refractivity contribution in [1.29, 1.82) is 0 Å². The summed E-state index contributed by atoms with van der Waals surface area (Å²) >= 11 is 11.8. The summed E-state index contributed by atoms with van der Waals surface area (Å²) in [6.07, 6.45) is 1.21. The van der Waals surface area contributed by atoms with E-state index in [9.17, 15) is 9.59 Å². The fraction of sp³-hybridized carbons (Fsp3) is 0.0769. The van der Waals surface area contributed by atoms with E-state index < -0.39 is 5.97 Å². The Morgan fingerprint density at radius 3 is 2.58 bits per heavy atom. The van der Waals surface area contributed by atoms with Crippen LogP contribution in [-0.2, 0) is 11.2 Å². The van der Waals surface area contributed by atoms with E-state index in [2.05, 4.69) is 4.98 Å². The molecule has 0 atom stereocenters. The van der Waals surface area contributed by atoms with E-state index in [1.54, 1.807) is 12.1 Å². The van der Waals surface area contributed by atoms with Crippen LogP contribution in [0.5, 0.6) is 0 Å². The third-order valence-corrected chi connectivity index (χ3v) is 3.09. The number of hydrogen-bond donors (Lipinski definition) is 2. The van der Waals surface area contributed by atoms with Gasteiger partial charge >= 0.3 is 5.97 Å². The molecule has 2 aromatic rings. The number of aromatic nitrogens is 1. The Balaban J connectivity index is 2.54. The lowest BCUT2D eigenvalue weighted by Gasteiger charge is -2.06. The highest BCUT2D eigenvalue weighted by Crippen LogP contribution is 2.28. The average Bonchev–Trinajstić information content (AvgIpc) is 2.31. The summed E-state index contributed by atoms with van der Waals surface area (Å²) in [5.74, 6) is -0.972. The fourth-order valence-electron chi connectivity index (χ4n) is 1.71.